The maximum absolute atomic E-state index is 14.3. The summed E-state index contributed by atoms with van der Waals surface area (Å²) in [6.45, 7) is 13.3. The average molecular weight is 1240 g/mol. The van der Waals surface area contributed by atoms with E-state index in [-0.39, 0.29) is 76.4 Å². The fourth-order valence-corrected chi connectivity index (χ4v) is 9.75. The molecule has 2 aliphatic heterocycles. The molecule has 0 aromatic carbocycles. The number of aliphatic carboxylic acids is 2. The first-order chi connectivity index (χ1) is 40.6. The van der Waals surface area contributed by atoms with Crippen molar-refractivity contribution in [1.82, 2.24) is 57.7 Å². The van der Waals surface area contributed by atoms with Crippen molar-refractivity contribution in [2.75, 3.05) is 26.2 Å². The third-order valence-electron chi connectivity index (χ3n) is 14.5. The second-order valence-electron chi connectivity index (χ2n) is 23.4. The number of carbonyl (C=O) groups excluding carboxylic acids is 12. The predicted molar refractivity (Wildman–Crippen MR) is 310 cm³/mol. The van der Waals surface area contributed by atoms with Gasteiger partial charge in [0.25, 0.3) is 0 Å². The number of aliphatic hydroxyl groups excluding tert-OH is 2. The molecule has 32 nitrogen and oxygen atoms in total. The van der Waals surface area contributed by atoms with Crippen LogP contribution in [-0.4, -0.2) is 218 Å². The Bertz CT molecular complexity index is 2440. The van der Waals surface area contributed by atoms with Crippen LogP contribution < -0.4 is 65.1 Å². The standard InChI is InChI=1S/C55H94N14O18/c1-26(2)22-34(64-50(81)38-15-13-21-69(38)54(85)43(31(9)71)67-44(75)29(7)57)47(78)59-30(8)45(76)60-32(14-10-11-19-56)46(77)63-36(24-40(58)72)49(80)62-35(23-27(3)4)48(79)61-33(17-18-41(73)74)53(84)68-20-12-16-39(68)51(82)66-42(28(5)6)52(83)65-37(25-70)55(86)87/h26-39,42-43,70-71H,10-25,56-57H2,1-9H3,(H2,58,72)(H,59,78)(H,60,76)(H,61,79)(H,62,80)(H,63,77)(H,64,81)(H,65,83)(H,66,82)(H,67,75)(H,73,74)(H,86,87)/t29-,30-,31+,32-,33-,34-,35-,36-,37-,38-,39-,42-,43-/m0/s1. The zero-order valence-corrected chi connectivity index (χ0v) is 51.2. The third-order valence-corrected chi connectivity index (χ3v) is 14.5. The number of amides is 12. The van der Waals surface area contributed by atoms with Crippen LogP contribution in [-0.2, 0) is 67.1 Å². The quantitative estimate of drug-likeness (QED) is 0.0259. The maximum atomic E-state index is 14.3. The van der Waals surface area contributed by atoms with E-state index in [4.69, 9.17) is 17.2 Å². The summed E-state index contributed by atoms with van der Waals surface area (Å²) < 4.78 is 0. The van der Waals surface area contributed by atoms with Crippen molar-refractivity contribution < 1.29 is 87.5 Å². The monoisotopic (exact) mass is 1240 g/mol. The number of aliphatic hydroxyl groups is 2. The molecule has 2 rings (SSSR count). The van der Waals surface area contributed by atoms with Crippen LogP contribution in [0.4, 0.5) is 0 Å². The van der Waals surface area contributed by atoms with Gasteiger partial charge in [-0.15, -0.1) is 0 Å². The summed E-state index contributed by atoms with van der Waals surface area (Å²) in [5, 5.41) is 61.0. The Morgan fingerprint density at radius 3 is 1.47 bits per heavy atom. The molecule has 0 unspecified atom stereocenters. The Balaban J connectivity index is 2.36. The lowest BCUT2D eigenvalue weighted by Crippen LogP contribution is -2.61. The zero-order chi connectivity index (χ0) is 66.2. The van der Waals surface area contributed by atoms with E-state index in [9.17, 15) is 87.5 Å². The van der Waals surface area contributed by atoms with E-state index in [1.807, 2.05) is 0 Å². The molecule has 2 aliphatic rings. The van der Waals surface area contributed by atoms with Crippen molar-refractivity contribution in [3.8, 4) is 0 Å². The Kier molecular flexibility index (Phi) is 31.7. The van der Waals surface area contributed by atoms with E-state index in [0.29, 0.717) is 12.8 Å². The lowest BCUT2D eigenvalue weighted by atomic mass is 10.0. The van der Waals surface area contributed by atoms with Crippen molar-refractivity contribution in [2.45, 2.75) is 218 Å². The summed E-state index contributed by atoms with van der Waals surface area (Å²) in [6.07, 6.45) is -1.93. The number of carboxylic acid groups (broad SMARTS) is 2. The van der Waals surface area contributed by atoms with Crippen LogP contribution in [0.1, 0.15) is 139 Å². The topological polar surface area (TPSA) is 513 Å². The molecule has 19 N–H and O–H groups in total. The highest BCUT2D eigenvalue weighted by Crippen LogP contribution is 2.23. The molecule has 0 saturated carbocycles. The van der Waals surface area contributed by atoms with Crippen molar-refractivity contribution in [2.24, 2.45) is 35.0 Å². The van der Waals surface area contributed by atoms with Gasteiger partial charge in [0.1, 0.15) is 66.5 Å². The van der Waals surface area contributed by atoms with E-state index < -0.39 is 193 Å². The van der Waals surface area contributed by atoms with E-state index in [1.165, 1.54) is 25.7 Å². The van der Waals surface area contributed by atoms with Crippen molar-refractivity contribution >= 4 is 82.8 Å². The molecule has 0 aliphatic carbocycles. The minimum absolute atomic E-state index is 0.0412. The third kappa shape index (κ3) is 24.6. The summed E-state index contributed by atoms with van der Waals surface area (Å²) in [7, 11) is 0. The van der Waals surface area contributed by atoms with Crippen LogP contribution in [0.3, 0.4) is 0 Å². The number of hydrogen-bond acceptors (Lipinski definition) is 18. The number of nitrogens with one attached hydrogen (secondary N) is 9. The minimum atomic E-state index is -1.79. The molecule has 0 aromatic rings. The van der Waals surface area contributed by atoms with Gasteiger partial charge < -0.3 is 95.3 Å². The van der Waals surface area contributed by atoms with Gasteiger partial charge >= 0.3 is 11.9 Å². The number of nitrogens with two attached hydrogens (primary N) is 3. The molecule has 32 heteroatoms. The molecule has 2 saturated heterocycles. The summed E-state index contributed by atoms with van der Waals surface area (Å²) >= 11 is 0. The van der Waals surface area contributed by atoms with Crippen LogP contribution in [0.15, 0.2) is 0 Å². The first-order valence-corrected chi connectivity index (χ1v) is 29.5. The highest BCUT2D eigenvalue weighted by Gasteiger charge is 2.43. The summed E-state index contributed by atoms with van der Waals surface area (Å²) in [5.74, 6) is -14.7. The van der Waals surface area contributed by atoms with E-state index >= 15 is 0 Å². The van der Waals surface area contributed by atoms with Gasteiger partial charge in [-0.25, -0.2) is 4.79 Å². The van der Waals surface area contributed by atoms with Gasteiger partial charge in [0.05, 0.1) is 25.2 Å². The number of likely N-dealkylation sites (tertiary alicyclic amines) is 2. The van der Waals surface area contributed by atoms with Gasteiger partial charge in [-0.1, -0.05) is 41.5 Å². The number of unbranched alkanes of at least 4 members (excludes halogenated alkanes) is 1. The van der Waals surface area contributed by atoms with Crippen molar-refractivity contribution in [3.63, 3.8) is 0 Å². The first kappa shape index (κ1) is 75.5. The summed E-state index contributed by atoms with van der Waals surface area (Å²) in [4.78, 5) is 189. The molecule has 0 bridgehead atoms. The number of nitrogens with zero attached hydrogens (tertiary/aromatic N) is 2. The van der Waals surface area contributed by atoms with Crippen molar-refractivity contribution in [3.05, 3.63) is 0 Å². The largest absolute Gasteiger partial charge is 0.481 e. The Morgan fingerprint density at radius 1 is 0.517 bits per heavy atom. The molecule has 0 spiro atoms. The highest BCUT2D eigenvalue weighted by molar-refractivity contribution is 6.00. The fraction of sp³-hybridized carbons (Fsp3) is 0.745. The minimum Gasteiger partial charge on any atom is -0.481 e. The van der Waals surface area contributed by atoms with E-state index in [2.05, 4.69) is 47.9 Å². The normalized spacial score (nSPS) is 18.7. The van der Waals surface area contributed by atoms with Crippen LogP contribution in [0, 0.1) is 17.8 Å². The Labute approximate surface area is 505 Å². The Morgan fingerprint density at radius 2 is 0.989 bits per heavy atom. The molecule has 87 heavy (non-hydrogen) atoms. The summed E-state index contributed by atoms with van der Waals surface area (Å²) in [5.41, 5.74) is 16.9. The number of carboxylic acids is 2. The molecule has 13 atom stereocenters. The molecule has 0 aromatic heterocycles. The van der Waals surface area contributed by atoms with Gasteiger partial charge in [0, 0.05) is 19.5 Å². The van der Waals surface area contributed by atoms with Crippen LogP contribution >= 0.6 is 0 Å². The van der Waals surface area contributed by atoms with Gasteiger partial charge in [0.15, 0.2) is 0 Å². The van der Waals surface area contributed by atoms with Crippen LogP contribution in [0.2, 0.25) is 0 Å². The molecule has 2 fully saturated rings. The molecule has 12 amide bonds. The fourth-order valence-electron chi connectivity index (χ4n) is 9.75. The van der Waals surface area contributed by atoms with Crippen LogP contribution in [0.25, 0.3) is 0 Å². The number of primary amides is 1. The molecular formula is C55H94N14O18. The zero-order valence-electron chi connectivity index (χ0n) is 51.2. The van der Waals surface area contributed by atoms with Gasteiger partial charge in [-0.3, -0.25) is 62.3 Å². The van der Waals surface area contributed by atoms with E-state index in [1.54, 1.807) is 41.5 Å². The second kappa shape index (κ2) is 36.5. The number of rotatable bonds is 37. The van der Waals surface area contributed by atoms with Gasteiger partial charge in [0.2, 0.25) is 70.9 Å². The van der Waals surface area contributed by atoms with Crippen LogP contribution in [0.5, 0.6) is 0 Å². The predicted octanol–water partition coefficient (Wildman–Crippen LogP) is -5.23. The van der Waals surface area contributed by atoms with Gasteiger partial charge in [-0.05, 0) is 109 Å². The first-order valence-electron chi connectivity index (χ1n) is 29.5. The molecular weight excluding hydrogens is 1140 g/mol. The smallest absolute Gasteiger partial charge is 0.328 e. The average Bonchev–Trinajstić information content (AvgIpc) is 4.28. The van der Waals surface area contributed by atoms with E-state index in [0.717, 1.165) is 4.90 Å². The van der Waals surface area contributed by atoms with Gasteiger partial charge in [-0.2, -0.15) is 0 Å². The summed E-state index contributed by atoms with van der Waals surface area (Å²) in [6, 6.07) is -16.7. The second-order valence-corrected chi connectivity index (χ2v) is 23.4. The number of hydrogen-bond donors (Lipinski definition) is 16. The van der Waals surface area contributed by atoms with Crippen molar-refractivity contribution in [1.29, 1.82) is 0 Å². The molecule has 0 radical (unpaired) electrons. The highest BCUT2D eigenvalue weighted by atomic mass is 16.4. The Hall–Kier alpha value is -7.58. The molecule has 2 heterocycles. The SMILES string of the molecule is CC(C)C[C@H](NC(=O)[C@H](CC(N)=O)NC(=O)[C@H](CCCCN)NC(=O)[C@H](C)NC(=O)[C@H](CC(C)C)NC(=O)[C@@H]1CCCN1C(=O)[C@@H](NC(=O)[C@H](C)N)[C@@H](C)O)C(=O)N[C@@H](CCC(=O)O)C(=O)N1CCC[C@H]1C(=O)N[C@H](C(=O)N[C@@H](CO)C(=O)O)C(C)C. The number of carbonyl (C=O) groups is 14. The lowest BCUT2D eigenvalue weighted by molar-refractivity contribution is -0.145. The molecule has 492 valence electrons. The maximum Gasteiger partial charge on any atom is 0.328 e. The lowest BCUT2D eigenvalue weighted by Gasteiger charge is -2.31.